The molecule has 1 aliphatic rings. The number of likely N-dealkylation sites (N-methyl/N-ethyl adjacent to an activating group) is 1. The van der Waals surface area contributed by atoms with Crippen molar-refractivity contribution in [2.75, 3.05) is 7.05 Å². The lowest BCUT2D eigenvalue weighted by Gasteiger charge is -2.28. The zero-order chi connectivity index (χ0) is 12.4. The van der Waals surface area contributed by atoms with Crippen LogP contribution < -0.4 is 5.32 Å². The number of rotatable bonds is 4. The summed E-state index contributed by atoms with van der Waals surface area (Å²) >= 11 is 0. The number of hydrogen-bond donors (Lipinski definition) is 1. The van der Waals surface area contributed by atoms with Crippen LogP contribution in [0.1, 0.15) is 50.1 Å². The first-order valence-corrected chi connectivity index (χ1v) is 6.65. The van der Waals surface area contributed by atoms with Crippen LogP contribution in [0.25, 0.3) is 0 Å². The van der Waals surface area contributed by atoms with Gasteiger partial charge in [-0.05, 0) is 44.7 Å². The van der Waals surface area contributed by atoms with Crippen molar-refractivity contribution in [3.63, 3.8) is 0 Å². The normalized spacial score (nSPS) is 18.2. The van der Waals surface area contributed by atoms with Gasteiger partial charge in [0.25, 0.3) is 0 Å². The van der Waals surface area contributed by atoms with Gasteiger partial charge in [0.05, 0.1) is 5.69 Å². The number of fused-ring (bicyclic) bond motifs is 1. The highest BCUT2D eigenvalue weighted by molar-refractivity contribution is 5.32. The van der Waals surface area contributed by atoms with E-state index in [1.807, 2.05) is 7.05 Å². The van der Waals surface area contributed by atoms with Crippen LogP contribution in [0.4, 0.5) is 0 Å². The Kier molecular flexibility index (Phi) is 3.77. The van der Waals surface area contributed by atoms with Gasteiger partial charge in [0, 0.05) is 17.7 Å². The van der Waals surface area contributed by atoms with Gasteiger partial charge < -0.3 is 5.32 Å². The molecular weight excluding hydrogens is 210 g/mol. The maximum Gasteiger partial charge on any atom is 0.115 e. The lowest BCUT2D eigenvalue weighted by Crippen LogP contribution is -2.33. The first-order valence-electron chi connectivity index (χ1n) is 6.65. The van der Waals surface area contributed by atoms with Gasteiger partial charge in [-0.3, -0.25) is 0 Å². The molecule has 2 atom stereocenters. The molecule has 1 heterocycles. The summed E-state index contributed by atoms with van der Waals surface area (Å²) in [5.41, 5.74) is 3.99. The molecule has 0 saturated heterocycles. The van der Waals surface area contributed by atoms with Gasteiger partial charge in [-0.25, -0.2) is 9.97 Å². The highest BCUT2D eigenvalue weighted by Crippen LogP contribution is 2.33. The van der Waals surface area contributed by atoms with Crippen LogP contribution >= 0.6 is 0 Å². The molecule has 1 N–H and O–H groups in total. The highest BCUT2D eigenvalue weighted by atomic mass is 14.9. The van der Waals surface area contributed by atoms with Gasteiger partial charge in [-0.2, -0.15) is 0 Å². The average Bonchev–Trinajstić information content (AvgIpc) is 2.77. The summed E-state index contributed by atoms with van der Waals surface area (Å²) in [6.07, 6.45) is 5.27. The van der Waals surface area contributed by atoms with Gasteiger partial charge in [0.1, 0.15) is 6.33 Å². The Balaban J connectivity index is 2.40. The van der Waals surface area contributed by atoms with Gasteiger partial charge >= 0.3 is 0 Å². The molecule has 94 valence electrons. The predicted octanol–water partition coefficient (Wildman–Crippen LogP) is 2.31. The quantitative estimate of drug-likeness (QED) is 0.867. The van der Waals surface area contributed by atoms with Crippen molar-refractivity contribution >= 4 is 0 Å². The van der Waals surface area contributed by atoms with E-state index in [9.17, 15) is 0 Å². The molecule has 0 spiro atoms. The Morgan fingerprint density at radius 3 is 2.59 bits per heavy atom. The number of nitrogens with zero attached hydrogens (tertiary/aromatic N) is 2. The van der Waals surface area contributed by atoms with Crippen LogP contribution in [0.3, 0.4) is 0 Å². The van der Waals surface area contributed by atoms with Crippen molar-refractivity contribution < 1.29 is 0 Å². The maximum atomic E-state index is 4.59. The van der Waals surface area contributed by atoms with E-state index in [2.05, 4.69) is 36.1 Å². The van der Waals surface area contributed by atoms with Gasteiger partial charge in [-0.1, -0.05) is 13.8 Å². The number of aromatic nitrogens is 2. The second-order valence-electron chi connectivity index (χ2n) is 5.38. The second-order valence-corrected chi connectivity index (χ2v) is 5.38. The van der Waals surface area contributed by atoms with Crippen molar-refractivity contribution in [2.45, 2.75) is 52.0 Å². The van der Waals surface area contributed by atoms with Crippen molar-refractivity contribution in [1.29, 1.82) is 0 Å². The molecule has 1 aromatic heterocycles. The minimum absolute atomic E-state index is 0.453. The molecule has 17 heavy (non-hydrogen) atoms. The Morgan fingerprint density at radius 2 is 1.94 bits per heavy atom. The molecule has 2 rings (SSSR count). The number of hydrogen-bond acceptors (Lipinski definition) is 3. The van der Waals surface area contributed by atoms with Crippen LogP contribution in [0.5, 0.6) is 0 Å². The van der Waals surface area contributed by atoms with E-state index in [-0.39, 0.29) is 0 Å². The number of aryl methyl sites for hydroxylation is 1. The summed E-state index contributed by atoms with van der Waals surface area (Å²) in [6.45, 7) is 6.80. The van der Waals surface area contributed by atoms with E-state index < -0.39 is 0 Å². The minimum atomic E-state index is 0.453. The zero-order valence-corrected chi connectivity index (χ0v) is 11.3. The van der Waals surface area contributed by atoms with E-state index in [1.54, 1.807) is 6.33 Å². The standard InChI is InChI=1S/C14H23N3/c1-9(2)13(10(3)15-4)14-11-6-5-7-12(11)16-8-17-14/h8-10,13,15H,5-7H2,1-4H3. The fraction of sp³-hybridized carbons (Fsp3) is 0.714. The van der Waals surface area contributed by atoms with Crippen LogP contribution in [0.15, 0.2) is 6.33 Å². The van der Waals surface area contributed by atoms with E-state index in [0.717, 1.165) is 12.8 Å². The van der Waals surface area contributed by atoms with Crippen molar-refractivity contribution in [2.24, 2.45) is 5.92 Å². The Bertz CT molecular complexity index is 387. The lowest BCUT2D eigenvalue weighted by molar-refractivity contribution is 0.385. The molecule has 1 aromatic rings. The molecule has 0 aliphatic heterocycles. The molecule has 2 unspecified atom stereocenters. The monoisotopic (exact) mass is 233 g/mol. The topological polar surface area (TPSA) is 37.8 Å². The second kappa shape index (κ2) is 5.13. The summed E-state index contributed by atoms with van der Waals surface area (Å²) < 4.78 is 0. The Labute approximate surface area is 104 Å². The molecule has 0 fully saturated rings. The van der Waals surface area contributed by atoms with Crippen LogP contribution in [0.2, 0.25) is 0 Å². The third kappa shape index (κ3) is 2.34. The summed E-state index contributed by atoms with van der Waals surface area (Å²) in [6, 6.07) is 0.453. The first kappa shape index (κ1) is 12.5. The minimum Gasteiger partial charge on any atom is -0.317 e. The molecule has 0 amide bonds. The van der Waals surface area contributed by atoms with E-state index in [1.165, 1.54) is 23.4 Å². The molecule has 1 aliphatic carbocycles. The molecule has 0 saturated carbocycles. The summed E-state index contributed by atoms with van der Waals surface area (Å²) in [7, 11) is 2.03. The molecule has 3 heteroatoms. The summed E-state index contributed by atoms with van der Waals surface area (Å²) in [5.74, 6) is 1.08. The molecule has 3 nitrogen and oxygen atoms in total. The Hall–Kier alpha value is -0.960. The van der Waals surface area contributed by atoms with Crippen molar-refractivity contribution in [3.8, 4) is 0 Å². The fourth-order valence-corrected chi connectivity index (χ4v) is 2.98. The summed E-state index contributed by atoms with van der Waals surface area (Å²) in [4.78, 5) is 9.01. The van der Waals surface area contributed by atoms with Gasteiger partial charge in [-0.15, -0.1) is 0 Å². The predicted molar refractivity (Wildman–Crippen MR) is 70.2 cm³/mol. The smallest absolute Gasteiger partial charge is 0.115 e. The van der Waals surface area contributed by atoms with Gasteiger partial charge in [0.15, 0.2) is 0 Å². The van der Waals surface area contributed by atoms with E-state index in [0.29, 0.717) is 17.9 Å². The average molecular weight is 233 g/mol. The fourth-order valence-electron chi connectivity index (χ4n) is 2.98. The molecule has 0 aromatic carbocycles. The van der Waals surface area contributed by atoms with E-state index >= 15 is 0 Å². The molecule has 0 bridgehead atoms. The van der Waals surface area contributed by atoms with Crippen LogP contribution in [-0.4, -0.2) is 23.1 Å². The summed E-state index contributed by atoms with van der Waals surface area (Å²) in [5, 5.41) is 3.38. The van der Waals surface area contributed by atoms with Crippen LogP contribution in [-0.2, 0) is 12.8 Å². The largest absolute Gasteiger partial charge is 0.317 e. The highest BCUT2D eigenvalue weighted by Gasteiger charge is 2.28. The van der Waals surface area contributed by atoms with E-state index in [4.69, 9.17) is 0 Å². The Morgan fingerprint density at radius 1 is 1.18 bits per heavy atom. The lowest BCUT2D eigenvalue weighted by atomic mass is 9.84. The SMILES string of the molecule is CNC(C)C(c1ncnc2c1CCC2)C(C)C. The maximum absolute atomic E-state index is 4.59. The van der Waals surface area contributed by atoms with Gasteiger partial charge in [0.2, 0.25) is 0 Å². The molecule has 0 radical (unpaired) electrons. The first-order chi connectivity index (χ1) is 8.15. The zero-order valence-electron chi connectivity index (χ0n) is 11.3. The van der Waals surface area contributed by atoms with Crippen molar-refractivity contribution in [3.05, 3.63) is 23.3 Å². The number of nitrogens with one attached hydrogen (secondary N) is 1. The third-order valence-corrected chi connectivity index (χ3v) is 3.94. The van der Waals surface area contributed by atoms with Crippen LogP contribution in [0, 0.1) is 5.92 Å². The molecular formula is C14H23N3. The third-order valence-electron chi connectivity index (χ3n) is 3.94. The van der Waals surface area contributed by atoms with Crippen molar-refractivity contribution in [1.82, 2.24) is 15.3 Å².